The molecule has 5 nitrogen and oxygen atoms in total. The van der Waals surface area contributed by atoms with Gasteiger partial charge in [0.1, 0.15) is 0 Å². The number of hydrogen-bond acceptors (Lipinski definition) is 5. The highest BCUT2D eigenvalue weighted by Crippen LogP contribution is 2.28. The highest BCUT2D eigenvalue weighted by atomic mass is 32.1. The first-order chi connectivity index (χ1) is 9.99. The summed E-state index contributed by atoms with van der Waals surface area (Å²) < 4.78 is 39.9. The van der Waals surface area contributed by atoms with E-state index in [1.165, 1.54) is 29.1 Å². The Morgan fingerprint density at radius 3 is 2.76 bits per heavy atom. The first kappa shape index (κ1) is 13.8. The van der Waals surface area contributed by atoms with E-state index in [1.807, 2.05) is 17.5 Å². The molecule has 9 heteroatoms. The van der Waals surface area contributed by atoms with Gasteiger partial charge in [0.25, 0.3) is 0 Å². The summed E-state index contributed by atoms with van der Waals surface area (Å²) in [4.78, 5) is 8.11. The van der Waals surface area contributed by atoms with Gasteiger partial charge in [0.15, 0.2) is 5.65 Å². The Bertz CT molecular complexity index is 763. The molecule has 0 saturated heterocycles. The number of fused-ring (bicyclic) bond motifs is 1. The maximum atomic E-state index is 12.9. The zero-order valence-electron chi connectivity index (χ0n) is 10.8. The van der Waals surface area contributed by atoms with Gasteiger partial charge in [-0.05, 0) is 11.4 Å². The van der Waals surface area contributed by atoms with E-state index in [9.17, 15) is 13.2 Å². The predicted molar refractivity (Wildman–Crippen MR) is 72.5 cm³/mol. The van der Waals surface area contributed by atoms with E-state index < -0.39 is 12.0 Å². The number of hydrogen-bond donors (Lipinski definition) is 1. The van der Waals surface area contributed by atoms with Crippen LogP contribution < -0.4 is 5.32 Å². The fraction of sp³-hybridized carbons (Fsp3) is 0.250. The van der Waals surface area contributed by atoms with Crippen LogP contribution in [0.4, 0.5) is 19.1 Å². The third-order valence-electron chi connectivity index (χ3n) is 2.86. The number of thiophene rings is 1. The Morgan fingerprint density at radius 2 is 2.14 bits per heavy atom. The normalized spacial score (nSPS) is 12.0. The van der Waals surface area contributed by atoms with Gasteiger partial charge in [0.05, 0.1) is 6.20 Å². The number of aromatic nitrogens is 4. The van der Waals surface area contributed by atoms with Crippen molar-refractivity contribution < 1.29 is 13.2 Å². The fourth-order valence-electron chi connectivity index (χ4n) is 1.94. The van der Waals surface area contributed by atoms with Gasteiger partial charge in [-0.1, -0.05) is 6.07 Å². The summed E-state index contributed by atoms with van der Waals surface area (Å²) in [5.41, 5.74) is 0.789. The lowest BCUT2D eigenvalue weighted by Gasteiger charge is -2.09. The lowest BCUT2D eigenvalue weighted by atomic mass is 10.2. The predicted octanol–water partition coefficient (Wildman–Crippen LogP) is 2.84. The molecule has 21 heavy (non-hydrogen) atoms. The van der Waals surface area contributed by atoms with Crippen molar-refractivity contribution in [1.29, 1.82) is 0 Å². The van der Waals surface area contributed by atoms with Crippen LogP contribution in [0.15, 0.2) is 23.7 Å². The quantitative estimate of drug-likeness (QED) is 0.808. The minimum absolute atomic E-state index is 0.00440. The van der Waals surface area contributed by atoms with Crippen molar-refractivity contribution in [3.63, 3.8) is 0 Å². The second kappa shape index (κ2) is 4.99. The molecule has 0 aliphatic heterocycles. The molecule has 0 fully saturated rings. The molecule has 0 atom stereocenters. The topological polar surface area (TPSA) is 55.1 Å². The molecular weight excluding hydrogens is 303 g/mol. The minimum atomic E-state index is -4.60. The zero-order valence-corrected chi connectivity index (χ0v) is 11.7. The number of nitrogens with one attached hydrogen (secondary N) is 1. The van der Waals surface area contributed by atoms with E-state index >= 15 is 0 Å². The number of anilines is 1. The van der Waals surface area contributed by atoms with Gasteiger partial charge in [-0.25, -0.2) is 4.98 Å². The van der Waals surface area contributed by atoms with Gasteiger partial charge in [0, 0.05) is 23.9 Å². The van der Waals surface area contributed by atoms with Crippen LogP contribution in [0.5, 0.6) is 0 Å². The molecule has 0 aromatic carbocycles. The standard InChI is InChI=1S/C12H10F3N5S/c1-16-11-19-10(12(13,14)15)18-9-7(6-17-20(9)11)5-8-3-2-4-21-8/h2-4,6H,5H2,1H3,(H,16,18,19). The largest absolute Gasteiger partial charge is 0.451 e. The van der Waals surface area contributed by atoms with Crippen LogP contribution in [0.2, 0.25) is 0 Å². The Kier molecular flexibility index (Phi) is 3.28. The van der Waals surface area contributed by atoms with Gasteiger partial charge >= 0.3 is 6.18 Å². The molecule has 3 rings (SSSR count). The summed E-state index contributed by atoms with van der Waals surface area (Å²) in [5.74, 6) is -1.17. The van der Waals surface area contributed by atoms with Crippen LogP contribution in [0.1, 0.15) is 16.3 Å². The SMILES string of the molecule is CNc1nc(C(F)(F)F)nc2c(Cc3cccs3)cnn12. The highest BCUT2D eigenvalue weighted by Gasteiger charge is 2.36. The average Bonchev–Trinajstić information content (AvgIpc) is 3.07. The Labute approximate surface area is 121 Å². The molecule has 0 amide bonds. The monoisotopic (exact) mass is 313 g/mol. The Hall–Kier alpha value is -2.16. The zero-order chi connectivity index (χ0) is 15.0. The Balaban J connectivity index is 2.14. The van der Waals surface area contributed by atoms with E-state index in [2.05, 4.69) is 20.4 Å². The number of nitrogens with zero attached hydrogens (tertiary/aromatic N) is 4. The van der Waals surface area contributed by atoms with E-state index in [0.29, 0.717) is 12.0 Å². The average molecular weight is 313 g/mol. The molecule has 0 unspecified atom stereocenters. The Morgan fingerprint density at radius 1 is 1.33 bits per heavy atom. The van der Waals surface area contributed by atoms with Crippen LogP contribution in [0.25, 0.3) is 5.65 Å². The van der Waals surface area contributed by atoms with Gasteiger partial charge in [0.2, 0.25) is 11.8 Å². The van der Waals surface area contributed by atoms with Crippen LogP contribution in [0.3, 0.4) is 0 Å². The fourth-order valence-corrected chi connectivity index (χ4v) is 2.67. The molecule has 0 radical (unpaired) electrons. The van der Waals surface area contributed by atoms with Crippen molar-refractivity contribution in [3.05, 3.63) is 40.0 Å². The molecular formula is C12H10F3N5S. The van der Waals surface area contributed by atoms with Crippen molar-refractivity contribution in [3.8, 4) is 0 Å². The summed E-state index contributed by atoms with van der Waals surface area (Å²) in [6.45, 7) is 0. The van der Waals surface area contributed by atoms with Crippen LogP contribution >= 0.6 is 11.3 Å². The van der Waals surface area contributed by atoms with Gasteiger partial charge in [-0.15, -0.1) is 11.3 Å². The summed E-state index contributed by atoms with van der Waals surface area (Å²) in [6.07, 6.45) is -2.60. The number of halogens is 3. The second-order valence-corrected chi connectivity index (χ2v) is 5.31. The van der Waals surface area contributed by atoms with Gasteiger partial charge in [-0.2, -0.15) is 27.8 Å². The second-order valence-electron chi connectivity index (χ2n) is 4.28. The lowest BCUT2D eigenvalue weighted by molar-refractivity contribution is -0.144. The molecule has 0 aliphatic rings. The van der Waals surface area contributed by atoms with E-state index in [-0.39, 0.29) is 11.6 Å². The lowest BCUT2D eigenvalue weighted by Crippen LogP contribution is -2.15. The summed E-state index contributed by atoms with van der Waals surface area (Å²) in [7, 11) is 1.49. The van der Waals surface area contributed by atoms with E-state index in [0.717, 1.165) is 4.88 Å². The molecule has 0 aliphatic carbocycles. The van der Waals surface area contributed by atoms with Crippen molar-refractivity contribution in [2.75, 3.05) is 12.4 Å². The summed E-state index contributed by atoms with van der Waals surface area (Å²) >= 11 is 1.53. The maximum Gasteiger partial charge on any atom is 0.451 e. The summed E-state index contributed by atoms with van der Waals surface area (Å²) in [5, 5.41) is 8.58. The number of rotatable bonds is 3. The van der Waals surface area contributed by atoms with Crippen molar-refractivity contribution >= 4 is 22.9 Å². The molecule has 1 N–H and O–H groups in total. The van der Waals surface area contributed by atoms with E-state index in [1.54, 1.807) is 0 Å². The minimum Gasteiger partial charge on any atom is -0.357 e. The molecule has 3 heterocycles. The molecule has 3 aromatic rings. The first-order valence-corrected chi connectivity index (χ1v) is 6.89. The van der Waals surface area contributed by atoms with E-state index in [4.69, 9.17) is 0 Å². The maximum absolute atomic E-state index is 12.9. The number of alkyl halides is 3. The first-order valence-electron chi connectivity index (χ1n) is 6.01. The highest BCUT2D eigenvalue weighted by molar-refractivity contribution is 7.09. The van der Waals surface area contributed by atoms with Crippen molar-refractivity contribution in [1.82, 2.24) is 19.6 Å². The summed E-state index contributed by atoms with van der Waals surface area (Å²) in [6, 6.07) is 3.81. The van der Waals surface area contributed by atoms with Gasteiger partial charge in [-0.3, -0.25) is 0 Å². The van der Waals surface area contributed by atoms with Crippen molar-refractivity contribution in [2.45, 2.75) is 12.6 Å². The van der Waals surface area contributed by atoms with Gasteiger partial charge < -0.3 is 5.32 Å². The molecule has 0 bridgehead atoms. The molecule has 0 saturated carbocycles. The van der Waals surface area contributed by atoms with Crippen molar-refractivity contribution in [2.24, 2.45) is 0 Å². The van der Waals surface area contributed by atoms with Crippen LogP contribution in [-0.4, -0.2) is 26.6 Å². The van der Waals surface area contributed by atoms with Crippen LogP contribution in [-0.2, 0) is 12.6 Å². The third kappa shape index (κ3) is 2.56. The molecule has 0 spiro atoms. The molecule has 3 aromatic heterocycles. The third-order valence-corrected chi connectivity index (χ3v) is 3.74. The van der Waals surface area contributed by atoms with Crippen LogP contribution in [0, 0.1) is 0 Å². The molecule has 110 valence electrons. The smallest absolute Gasteiger partial charge is 0.357 e.